The number of β-amino-alcohol motifs (C(OH)–C–C–N with tert-alkyl or cyclic N) is 1. The molecule has 1 saturated heterocycles. The van der Waals surface area contributed by atoms with E-state index in [-0.39, 0.29) is 18.5 Å². The number of piperazine rings is 1. The Morgan fingerprint density at radius 3 is 2.45 bits per heavy atom. The van der Waals surface area contributed by atoms with Crippen molar-refractivity contribution >= 4 is 0 Å². The van der Waals surface area contributed by atoms with Crippen molar-refractivity contribution < 1.29 is 14.6 Å². The van der Waals surface area contributed by atoms with Crippen molar-refractivity contribution in [3.8, 4) is 0 Å². The molecule has 5 heteroatoms. The first kappa shape index (κ1) is 15.4. The molecule has 0 aromatic heterocycles. The average Bonchev–Trinajstić information content (AvgIpc) is 2.43. The number of benzene rings is 1. The Hall–Kier alpha value is -1.01. The lowest BCUT2D eigenvalue weighted by atomic mass is 10.1. The molecule has 1 atom stereocenters. The van der Waals surface area contributed by atoms with Gasteiger partial charge in [-0.2, -0.15) is 0 Å². The van der Waals surface area contributed by atoms with Gasteiger partial charge in [-0.25, -0.2) is 4.39 Å². The van der Waals surface area contributed by atoms with E-state index in [2.05, 4.69) is 9.80 Å². The van der Waals surface area contributed by atoms with Gasteiger partial charge in [0.25, 0.3) is 0 Å². The lowest BCUT2D eigenvalue weighted by molar-refractivity contribution is 0.0777. The van der Waals surface area contributed by atoms with E-state index in [0.717, 1.165) is 31.7 Å². The van der Waals surface area contributed by atoms with E-state index < -0.39 is 0 Å². The number of aliphatic hydroxyl groups is 2. The Morgan fingerprint density at radius 2 is 1.85 bits per heavy atom. The molecule has 20 heavy (non-hydrogen) atoms. The van der Waals surface area contributed by atoms with E-state index in [1.54, 1.807) is 19.1 Å². The Labute approximate surface area is 119 Å². The molecule has 0 bridgehead atoms. The van der Waals surface area contributed by atoms with Gasteiger partial charge in [0.15, 0.2) is 0 Å². The third-order valence-electron chi connectivity index (χ3n) is 3.67. The monoisotopic (exact) mass is 282 g/mol. The molecule has 2 N–H and O–H groups in total. The third-order valence-corrected chi connectivity index (χ3v) is 3.67. The number of rotatable bonds is 5. The Kier molecular flexibility index (Phi) is 5.48. The van der Waals surface area contributed by atoms with Gasteiger partial charge < -0.3 is 10.2 Å². The van der Waals surface area contributed by atoms with Crippen LogP contribution in [0.25, 0.3) is 0 Å². The maximum atomic E-state index is 13.8. The first-order valence-corrected chi connectivity index (χ1v) is 7.09. The number of aliphatic hydroxyl groups excluding tert-OH is 2. The average molecular weight is 282 g/mol. The second-order valence-corrected chi connectivity index (χ2v) is 5.51. The highest BCUT2D eigenvalue weighted by Crippen LogP contribution is 2.15. The van der Waals surface area contributed by atoms with Crippen LogP contribution in [0.4, 0.5) is 4.39 Å². The molecule has 1 heterocycles. The molecule has 0 radical (unpaired) electrons. The van der Waals surface area contributed by atoms with Gasteiger partial charge in [-0.05, 0) is 24.6 Å². The van der Waals surface area contributed by atoms with E-state index >= 15 is 0 Å². The van der Waals surface area contributed by atoms with Crippen molar-refractivity contribution in [2.45, 2.75) is 26.2 Å². The molecule has 1 aromatic rings. The fourth-order valence-corrected chi connectivity index (χ4v) is 2.59. The summed E-state index contributed by atoms with van der Waals surface area (Å²) in [5.74, 6) is -0.214. The number of hydrogen-bond donors (Lipinski definition) is 2. The predicted octanol–water partition coefficient (Wildman–Crippen LogP) is 0.816. The molecule has 4 nitrogen and oxygen atoms in total. The van der Waals surface area contributed by atoms with Gasteiger partial charge in [0, 0.05) is 44.8 Å². The molecule has 2 rings (SSSR count). The molecule has 1 aliphatic heterocycles. The molecule has 112 valence electrons. The third kappa shape index (κ3) is 4.24. The largest absolute Gasteiger partial charge is 0.392 e. The molecule has 1 aromatic carbocycles. The fraction of sp³-hybridized carbons (Fsp3) is 0.600. The smallest absolute Gasteiger partial charge is 0.127 e. The minimum absolute atomic E-state index is 0.0601. The topological polar surface area (TPSA) is 46.9 Å². The van der Waals surface area contributed by atoms with Gasteiger partial charge in [0.05, 0.1) is 12.7 Å². The molecule has 0 aliphatic carbocycles. The van der Waals surface area contributed by atoms with Crippen LogP contribution in [0.3, 0.4) is 0 Å². The van der Waals surface area contributed by atoms with Crippen molar-refractivity contribution in [3.05, 3.63) is 35.1 Å². The van der Waals surface area contributed by atoms with Gasteiger partial charge in [0.2, 0.25) is 0 Å². The number of hydrogen-bond acceptors (Lipinski definition) is 4. The maximum Gasteiger partial charge on any atom is 0.127 e. The summed E-state index contributed by atoms with van der Waals surface area (Å²) < 4.78 is 13.8. The van der Waals surface area contributed by atoms with Crippen LogP contribution in [0.15, 0.2) is 18.2 Å². The Morgan fingerprint density at radius 1 is 1.20 bits per heavy atom. The molecular weight excluding hydrogens is 259 g/mol. The van der Waals surface area contributed by atoms with Gasteiger partial charge in [-0.1, -0.05) is 6.07 Å². The number of nitrogens with zero attached hydrogens (tertiary/aromatic N) is 2. The first-order valence-electron chi connectivity index (χ1n) is 7.09. The van der Waals surface area contributed by atoms with Crippen molar-refractivity contribution in [2.75, 3.05) is 32.7 Å². The zero-order chi connectivity index (χ0) is 14.5. The molecular formula is C15H23FN2O2. The van der Waals surface area contributed by atoms with Crippen LogP contribution in [0.5, 0.6) is 0 Å². The summed E-state index contributed by atoms with van der Waals surface area (Å²) in [6.45, 7) is 6.53. The molecule has 0 saturated carbocycles. The summed E-state index contributed by atoms with van der Waals surface area (Å²) >= 11 is 0. The van der Waals surface area contributed by atoms with Crippen molar-refractivity contribution in [3.63, 3.8) is 0 Å². The lowest BCUT2D eigenvalue weighted by Gasteiger charge is -2.35. The Balaban J connectivity index is 1.89. The van der Waals surface area contributed by atoms with Gasteiger partial charge in [0.1, 0.15) is 5.82 Å². The second kappa shape index (κ2) is 7.13. The van der Waals surface area contributed by atoms with Gasteiger partial charge >= 0.3 is 0 Å². The van der Waals surface area contributed by atoms with Crippen molar-refractivity contribution in [2.24, 2.45) is 0 Å². The summed E-state index contributed by atoms with van der Waals surface area (Å²) in [6.07, 6.45) is -0.305. The summed E-state index contributed by atoms with van der Waals surface area (Å²) in [4.78, 5) is 4.43. The van der Waals surface area contributed by atoms with Crippen LogP contribution in [0.1, 0.15) is 18.1 Å². The molecule has 0 spiro atoms. The Bertz CT molecular complexity index is 432. The standard InChI is InChI=1S/C15H23FN2O2/c1-12(20)9-17-4-6-18(7-5-17)10-14-8-13(11-19)2-3-15(14)16/h2-3,8,12,19-20H,4-7,9-11H2,1H3/t12-/m0/s1. The second-order valence-electron chi connectivity index (χ2n) is 5.51. The predicted molar refractivity (Wildman–Crippen MR) is 75.7 cm³/mol. The maximum absolute atomic E-state index is 13.8. The number of halogens is 1. The van der Waals surface area contributed by atoms with Crippen LogP contribution < -0.4 is 0 Å². The lowest BCUT2D eigenvalue weighted by Crippen LogP contribution is -2.47. The normalized spacial score (nSPS) is 19.2. The summed E-state index contributed by atoms with van der Waals surface area (Å²) in [5, 5.41) is 18.5. The van der Waals surface area contributed by atoms with Crippen LogP contribution in [0.2, 0.25) is 0 Å². The van der Waals surface area contributed by atoms with Gasteiger partial charge in [-0.15, -0.1) is 0 Å². The fourth-order valence-electron chi connectivity index (χ4n) is 2.59. The summed E-state index contributed by atoms with van der Waals surface area (Å²) in [7, 11) is 0. The van der Waals surface area contributed by atoms with Gasteiger partial charge in [-0.3, -0.25) is 9.80 Å². The van der Waals surface area contributed by atoms with E-state index in [4.69, 9.17) is 5.11 Å². The zero-order valence-electron chi connectivity index (χ0n) is 11.9. The van der Waals surface area contributed by atoms with E-state index in [9.17, 15) is 9.50 Å². The molecule has 0 amide bonds. The zero-order valence-corrected chi connectivity index (χ0v) is 11.9. The van der Waals surface area contributed by atoms with E-state index in [0.29, 0.717) is 18.7 Å². The highest BCUT2D eigenvalue weighted by molar-refractivity contribution is 5.24. The highest BCUT2D eigenvalue weighted by atomic mass is 19.1. The summed E-state index contributed by atoms with van der Waals surface area (Å²) in [5.41, 5.74) is 1.38. The van der Waals surface area contributed by atoms with Crippen LogP contribution >= 0.6 is 0 Å². The highest BCUT2D eigenvalue weighted by Gasteiger charge is 2.18. The minimum atomic E-state index is -0.305. The van der Waals surface area contributed by atoms with Crippen molar-refractivity contribution in [1.82, 2.24) is 9.80 Å². The van der Waals surface area contributed by atoms with Crippen LogP contribution in [-0.2, 0) is 13.2 Å². The van der Waals surface area contributed by atoms with Crippen LogP contribution in [-0.4, -0.2) is 58.8 Å². The molecule has 1 aliphatic rings. The first-order chi connectivity index (χ1) is 9.58. The molecule has 0 unspecified atom stereocenters. The minimum Gasteiger partial charge on any atom is -0.392 e. The molecule has 1 fully saturated rings. The quantitative estimate of drug-likeness (QED) is 0.839. The summed E-state index contributed by atoms with van der Waals surface area (Å²) in [6, 6.07) is 4.77. The van der Waals surface area contributed by atoms with E-state index in [1.165, 1.54) is 6.07 Å². The SMILES string of the molecule is C[C@H](O)CN1CCN(Cc2cc(CO)ccc2F)CC1. The van der Waals surface area contributed by atoms with E-state index in [1.807, 2.05) is 0 Å². The van der Waals surface area contributed by atoms with Crippen molar-refractivity contribution in [1.29, 1.82) is 0 Å². The van der Waals surface area contributed by atoms with Crippen LogP contribution in [0, 0.1) is 5.82 Å².